The summed E-state index contributed by atoms with van der Waals surface area (Å²) in [7, 11) is 1.71. The van der Waals surface area contributed by atoms with Crippen molar-refractivity contribution in [3.8, 4) is 0 Å². The predicted octanol–water partition coefficient (Wildman–Crippen LogP) is 3.84. The van der Waals surface area contributed by atoms with E-state index < -0.39 is 5.41 Å². The van der Waals surface area contributed by atoms with Crippen molar-refractivity contribution in [2.45, 2.75) is 18.4 Å². The molecule has 2 aromatic carbocycles. The SMILES string of the molecule is CN1C(=O)[C@@]2(CC(=O)Nc3c2cnn3Cc2ccccc2Cl)c2cc(Cl)ccc21. The molecule has 5 rings (SSSR count). The van der Waals surface area contributed by atoms with Gasteiger partial charge in [-0.15, -0.1) is 0 Å². The van der Waals surface area contributed by atoms with E-state index in [0.717, 1.165) is 16.8 Å². The van der Waals surface area contributed by atoms with Crippen molar-refractivity contribution in [3.63, 3.8) is 0 Å². The van der Waals surface area contributed by atoms with Crippen molar-refractivity contribution in [1.29, 1.82) is 0 Å². The van der Waals surface area contributed by atoms with E-state index in [2.05, 4.69) is 10.4 Å². The number of carbonyl (C=O) groups excluding carboxylic acids is 2. The molecule has 0 unspecified atom stereocenters. The average Bonchev–Trinajstić information content (AvgIpc) is 3.18. The first-order valence-electron chi connectivity index (χ1n) is 9.09. The summed E-state index contributed by atoms with van der Waals surface area (Å²) in [4.78, 5) is 27.7. The first-order valence-corrected chi connectivity index (χ1v) is 9.85. The number of amides is 2. The van der Waals surface area contributed by atoms with Gasteiger partial charge in [-0.1, -0.05) is 41.4 Å². The van der Waals surface area contributed by atoms with Gasteiger partial charge in [0, 0.05) is 34.8 Å². The van der Waals surface area contributed by atoms with Crippen molar-refractivity contribution in [2.24, 2.45) is 0 Å². The van der Waals surface area contributed by atoms with Crippen LogP contribution in [-0.4, -0.2) is 28.6 Å². The summed E-state index contributed by atoms with van der Waals surface area (Å²) in [6, 6.07) is 12.8. The van der Waals surface area contributed by atoms with E-state index in [1.54, 1.807) is 41.0 Å². The van der Waals surface area contributed by atoms with Gasteiger partial charge in [0.25, 0.3) is 0 Å². The van der Waals surface area contributed by atoms with Crippen molar-refractivity contribution in [1.82, 2.24) is 9.78 Å². The van der Waals surface area contributed by atoms with Crippen LogP contribution in [0.2, 0.25) is 10.0 Å². The van der Waals surface area contributed by atoms with Crippen LogP contribution in [0.15, 0.2) is 48.7 Å². The van der Waals surface area contributed by atoms with Crippen LogP contribution in [0.25, 0.3) is 0 Å². The van der Waals surface area contributed by atoms with Crippen molar-refractivity contribution < 1.29 is 9.59 Å². The summed E-state index contributed by atoms with van der Waals surface area (Å²) in [5.41, 5.74) is 1.88. The number of carbonyl (C=O) groups is 2. The van der Waals surface area contributed by atoms with Crippen molar-refractivity contribution in [3.05, 3.63) is 75.4 Å². The fourth-order valence-corrected chi connectivity index (χ4v) is 4.70. The Bertz CT molecular complexity index is 1190. The number of hydrogen-bond donors (Lipinski definition) is 1. The average molecular weight is 427 g/mol. The number of fused-ring (bicyclic) bond motifs is 4. The maximum atomic E-state index is 13.4. The molecule has 1 N–H and O–H groups in total. The summed E-state index contributed by atoms with van der Waals surface area (Å²) >= 11 is 12.5. The molecular weight excluding hydrogens is 411 g/mol. The molecule has 0 saturated carbocycles. The monoisotopic (exact) mass is 426 g/mol. The quantitative estimate of drug-likeness (QED) is 0.676. The second-order valence-electron chi connectivity index (χ2n) is 7.31. The number of anilines is 2. The van der Waals surface area contributed by atoms with Gasteiger partial charge in [-0.25, -0.2) is 4.68 Å². The summed E-state index contributed by atoms with van der Waals surface area (Å²) < 4.78 is 1.67. The van der Waals surface area contributed by atoms with Gasteiger partial charge < -0.3 is 10.2 Å². The highest BCUT2D eigenvalue weighted by atomic mass is 35.5. The largest absolute Gasteiger partial charge is 0.314 e. The highest BCUT2D eigenvalue weighted by molar-refractivity contribution is 6.31. The lowest BCUT2D eigenvalue weighted by Gasteiger charge is -2.32. The zero-order valence-corrected chi connectivity index (χ0v) is 17.0. The predicted molar refractivity (Wildman–Crippen MR) is 112 cm³/mol. The Morgan fingerprint density at radius 2 is 1.93 bits per heavy atom. The molecule has 29 heavy (non-hydrogen) atoms. The molecule has 1 spiro atoms. The van der Waals surface area contributed by atoms with E-state index >= 15 is 0 Å². The van der Waals surface area contributed by atoms with E-state index in [0.29, 0.717) is 28.0 Å². The van der Waals surface area contributed by atoms with Crippen LogP contribution >= 0.6 is 23.2 Å². The molecule has 1 atom stereocenters. The summed E-state index contributed by atoms with van der Waals surface area (Å²) in [5, 5.41) is 8.51. The van der Waals surface area contributed by atoms with Crippen LogP contribution < -0.4 is 10.2 Å². The summed E-state index contributed by atoms with van der Waals surface area (Å²) in [6.45, 7) is 0.373. The first-order chi connectivity index (χ1) is 13.9. The van der Waals surface area contributed by atoms with E-state index in [4.69, 9.17) is 23.2 Å². The number of benzene rings is 2. The van der Waals surface area contributed by atoms with E-state index in [1.165, 1.54) is 0 Å². The Kier molecular flexibility index (Phi) is 3.98. The van der Waals surface area contributed by atoms with Crippen LogP contribution in [0, 0.1) is 0 Å². The molecule has 2 amide bonds. The smallest absolute Gasteiger partial charge is 0.242 e. The molecule has 1 aromatic heterocycles. The fourth-order valence-electron chi connectivity index (χ4n) is 4.33. The van der Waals surface area contributed by atoms with Crippen molar-refractivity contribution >= 4 is 46.5 Å². The molecule has 0 aliphatic carbocycles. The van der Waals surface area contributed by atoms with Gasteiger partial charge in [-0.05, 0) is 35.4 Å². The van der Waals surface area contributed by atoms with Gasteiger partial charge in [0.05, 0.1) is 12.7 Å². The van der Waals surface area contributed by atoms with Gasteiger partial charge in [0.15, 0.2) is 0 Å². The van der Waals surface area contributed by atoms with E-state index in [1.807, 2.05) is 24.3 Å². The Morgan fingerprint density at radius 3 is 2.72 bits per heavy atom. The van der Waals surface area contributed by atoms with E-state index in [9.17, 15) is 9.59 Å². The Hall–Kier alpha value is -2.83. The Labute approximate surface area is 177 Å². The van der Waals surface area contributed by atoms with Gasteiger partial charge in [-0.3, -0.25) is 9.59 Å². The van der Waals surface area contributed by atoms with Crippen LogP contribution in [-0.2, 0) is 21.5 Å². The molecule has 3 heterocycles. The third kappa shape index (κ3) is 2.52. The minimum Gasteiger partial charge on any atom is -0.314 e. The number of rotatable bonds is 2. The normalized spacial score (nSPS) is 20.0. The molecular formula is C21H16Cl2N4O2. The van der Waals surface area contributed by atoms with Gasteiger partial charge in [-0.2, -0.15) is 5.10 Å². The number of nitrogens with one attached hydrogen (secondary N) is 1. The summed E-state index contributed by atoms with van der Waals surface area (Å²) in [6.07, 6.45) is 1.67. The topological polar surface area (TPSA) is 67.2 Å². The second kappa shape index (κ2) is 6.34. The molecule has 3 aromatic rings. The van der Waals surface area contributed by atoms with Gasteiger partial charge in [0.1, 0.15) is 11.2 Å². The number of halogens is 2. The van der Waals surface area contributed by atoms with Crippen LogP contribution in [0.1, 0.15) is 23.1 Å². The third-order valence-electron chi connectivity index (χ3n) is 5.71. The minimum absolute atomic E-state index is 0.00824. The number of hydrogen-bond acceptors (Lipinski definition) is 3. The molecule has 146 valence electrons. The number of nitrogens with zero attached hydrogens (tertiary/aromatic N) is 3. The standard InChI is InChI=1S/C21H16Cl2N4O2/c1-26-17-7-6-13(22)8-14(17)21(20(26)29)9-18(28)25-19-15(21)10-24-27(19)11-12-4-2-3-5-16(12)23/h2-8,10H,9,11H2,1H3,(H,25,28)/t21-/m0/s1. The van der Waals surface area contributed by atoms with Crippen LogP contribution in [0.3, 0.4) is 0 Å². The van der Waals surface area contributed by atoms with E-state index in [-0.39, 0.29) is 18.2 Å². The van der Waals surface area contributed by atoms with Crippen LogP contribution in [0.4, 0.5) is 11.5 Å². The second-order valence-corrected chi connectivity index (χ2v) is 8.16. The molecule has 0 radical (unpaired) electrons. The minimum atomic E-state index is -1.13. The molecule has 0 bridgehead atoms. The zero-order valence-electron chi connectivity index (χ0n) is 15.4. The highest BCUT2D eigenvalue weighted by Gasteiger charge is 2.56. The Balaban J connectivity index is 1.70. The van der Waals surface area contributed by atoms with Gasteiger partial charge in [0.2, 0.25) is 11.8 Å². The number of aromatic nitrogens is 2. The van der Waals surface area contributed by atoms with Crippen LogP contribution in [0.5, 0.6) is 0 Å². The Morgan fingerprint density at radius 1 is 1.14 bits per heavy atom. The molecule has 2 aliphatic rings. The summed E-state index contributed by atoms with van der Waals surface area (Å²) in [5.74, 6) is 0.104. The lowest BCUT2D eigenvalue weighted by atomic mass is 9.72. The fraction of sp³-hybridized carbons (Fsp3) is 0.190. The maximum Gasteiger partial charge on any atom is 0.242 e. The van der Waals surface area contributed by atoms with Crippen molar-refractivity contribution in [2.75, 3.05) is 17.3 Å². The lowest BCUT2D eigenvalue weighted by molar-refractivity contribution is -0.126. The first kappa shape index (κ1) is 18.2. The number of likely N-dealkylation sites (N-methyl/N-ethyl adjacent to an activating group) is 1. The molecule has 2 aliphatic heterocycles. The molecule has 0 fully saturated rings. The van der Waals surface area contributed by atoms with Gasteiger partial charge >= 0.3 is 0 Å². The molecule has 6 nitrogen and oxygen atoms in total. The molecule has 0 saturated heterocycles. The lowest BCUT2D eigenvalue weighted by Crippen LogP contribution is -2.45. The maximum absolute atomic E-state index is 13.4. The highest BCUT2D eigenvalue weighted by Crippen LogP contribution is 2.52. The molecule has 8 heteroatoms. The third-order valence-corrected chi connectivity index (χ3v) is 6.31. The zero-order chi connectivity index (χ0) is 20.3.